The van der Waals surface area contributed by atoms with Crippen LogP contribution in [0.5, 0.6) is 0 Å². The number of nitrogens with two attached hydrogens (primary N) is 1. The third-order valence-electron chi connectivity index (χ3n) is 1.71. The van der Waals surface area contributed by atoms with Crippen molar-refractivity contribution in [1.29, 1.82) is 0 Å². The van der Waals surface area contributed by atoms with Gasteiger partial charge in [-0.05, 0) is 52.8 Å². The summed E-state index contributed by atoms with van der Waals surface area (Å²) in [4.78, 5) is 10.8. The minimum absolute atomic E-state index is 0.360. The molecule has 0 aliphatic rings. The molecule has 1 aromatic rings. The molecule has 2 N–H and O–H groups in total. The molecule has 1 aromatic carbocycles. The minimum atomic E-state index is -0.360. The van der Waals surface area contributed by atoms with Gasteiger partial charge in [-0.2, -0.15) is 0 Å². The summed E-state index contributed by atoms with van der Waals surface area (Å²) in [7, 11) is 0. The van der Waals surface area contributed by atoms with Crippen molar-refractivity contribution in [3.63, 3.8) is 0 Å². The number of amides is 1. The van der Waals surface area contributed by atoms with Gasteiger partial charge in [-0.25, -0.2) is 0 Å². The predicted octanol–water partition coefficient (Wildman–Crippen LogP) is 1.95. The van der Waals surface area contributed by atoms with Gasteiger partial charge in [0.2, 0.25) is 5.91 Å². The first kappa shape index (κ1) is 9.51. The first-order chi connectivity index (χ1) is 5.65. The highest BCUT2D eigenvalue weighted by Gasteiger charge is 2.03. The van der Waals surface area contributed by atoms with E-state index in [0.717, 1.165) is 6.42 Å². The Morgan fingerprint density at radius 2 is 2.25 bits per heavy atom. The van der Waals surface area contributed by atoms with Crippen molar-refractivity contribution in [2.24, 2.45) is 5.73 Å². The quantitative estimate of drug-likeness (QED) is 0.824. The van der Waals surface area contributed by atoms with Gasteiger partial charge in [0.05, 0.1) is 0 Å². The van der Waals surface area contributed by atoms with Gasteiger partial charge in [0.25, 0.3) is 0 Å². The standard InChI is InChI=1S/C9H10INO/c1-2-6-5-7(9(11)12)3-4-8(6)10/h3-5H,2H2,1H3,(H2,11,12). The molecule has 0 atom stereocenters. The van der Waals surface area contributed by atoms with Crippen molar-refractivity contribution >= 4 is 28.5 Å². The molecule has 0 aromatic heterocycles. The number of benzene rings is 1. The maximum atomic E-state index is 10.8. The molecule has 1 rings (SSSR count). The molecule has 0 bridgehead atoms. The second kappa shape index (κ2) is 3.89. The Kier molecular flexibility index (Phi) is 3.08. The van der Waals surface area contributed by atoms with E-state index in [-0.39, 0.29) is 5.91 Å². The second-order valence-corrected chi connectivity index (χ2v) is 3.69. The summed E-state index contributed by atoms with van der Waals surface area (Å²) in [5, 5.41) is 0. The molecule has 64 valence electrons. The van der Waals surface area contributed by atoms with Gasteiger partial charge >= 0.3 is 0 Å². The van der Waals surface area contributed by atoms with Gasteiger partial charge in [-0.15, -0.1) is 0 Å². The normalized spacial score (nSPS) is 9.83. The van der Waals surface area contributed by atoms with Crippen molar-refractivity contribution in [2.45, 2.75) is 13.3 Å². The van der Waals surface area contributed by atoms with Gasteiger partial charge in [-0.3, -0.25) is 4.79 Å². The fourth-order valence-corrected chi connectivity index (χ4v) is 1.72. The summed E-state index contributed by atoms with van der Waals surface area (Å²) in [5.41, 5.74) is 6.91. The van der Waals surface area contributed by atoms with E-state index < -0.39 is 0 Å². The Hall–Kier alpha value is -0.580. The Balaban J connectivity index is 3.13. The maximum Gasteiger partial charge on any atom is 0.248 e. The largest absolute Gasteiger partial charge is 0.366 e. The average molecular weight is 275 g/mol. The van der Waals surface area contributed by atoms with E-state index in [2.05, 4.69) is 29.5 Å². The molecule has 0 unspecified atom stereocenters. The highest BCUT2D eigenvalue weighted by atomic mass is 127. The van der Waals surface area contributed by atoms with Crippen molar-refractivity contribution in [1.82, 2.24) is 0 Å². The lowest BCUT2D eigenvalue weighted by atomic mass is 10.1. The van der Waals surface area contributed by atoms with Crippen LogP contribution in [-0.4, -0.2) is 5.91 Å². The summed E-state index contributed by atoms with van der Waals surface area (Å²) < 4.78 is 1.18. The van der Waals surface area contributed by atoms with Crippen LogP contribution in [0.3, 0.4) is 0 Å². The van der Waals surface area contributed by atoms with Crippen LogP contribution >= 0.6 is 22.6 Å². The number of carbonyl (C=O) groups excluding carboxylic acids is 1. The van der Waals surface area contributed by atoms with Gasteiger partial charge in [0, 0.05) is 9.13 Å². The molecule has 0 aliphatic carbocycles. The molecular formula is C9H10INO. The van der Waals surface area contributed by atoms with Crippen molar-refractivity contribution in [3.8, 4) is 0 Å². The Bertz CT molecular complexity index is 309. The first-order valence-corrected chi connectivity index (χ1v) is 4.81. The maximum absolute atomic E-state index is 10.8. The van der Waals surface area contributed by atoms with Crippen LogP contribution in [-0.2, 0) is 6.42 Å². The Labute approximate surface area is 85.3 Å². The van der Waals surface area contributed by atoms with E-state index in [0.29, 0.717) is 5.56 Å². The van der Waals surface area contributed by atoms with Crippen LogP contribution in [0.25, 0.3) is 0 Å². The smallest absolute Gasteiger partial charge is 0.248 e. The highest BCUT2D eigenvalue weighted by Crippen LogP contribution is 2.14. The van der Waals surface area contributed by atoms with E-state index in [9.17, 15) is 4.79 Å². The fraction of sp³-hybridized carbons (Fsp3) is 0.222. The third-order valence-corrected chi connectivity index (χ3v) is 2.76. The predicted molar refractivity (Wildman–Crippen MR) is 57.1 cm³/mol. The molecule has 0 heterocycles. The van der Waals surface area contributed by atoms with Crippen LogP contribution in [0.1, 0.15) is 22.8 Å². The van der Waals surface area contributed by atoms with E-state index in [1.165, 1.54) is 9.13 Å². The Morgan fingerprint density at radius 1 is 1.58 bits per heavy atom. The third kappa shape index (κ3) is 1.97. The summed E-state index contributed by atoms with van der Waals surface area (Å²) >= 11 is 2.25. The molecule has 0 aliphatic heterocycles. The second-order valence-electron chi connectivity index (χ2n) is 2.52. The monoisotopic (exact) mass is 275 g/mol. The lowest BCUT2D eigenvalue weighted by molar-refractivity contribution is 0.1000. The minimum Gasteiger partial charge on any atom is -0.366 e. The number of halogens is 1. The van der Waals surface area contributed by atoms with Gasteiger partial charge in [0.15, 0.2) is 0 Å². The topological polar surface area (TPSA) is 43.1 Å². The lowest BCUT2D eigenvalue weighted by Gasteiger charge is -2.02. The lowest BCUT2D eigenvalue weighted by Crippen LogP contribution is -2.11. The molecule has 0 saturated carbocycles. The summed E-state index contributed by atoms with van der Waals surface area (Å²) in [6.07, 6.45) is 0.930. The zero-order valence-electron chi connectivity index (χ0n) is 6.80. The molecule has 0 radical (unpaired) electrons. The summed E-state index contributed by atoms with van der Waals surface area (Å²) in [5.74, 6) is -0.360. The van der Waals surface area contributed by atoms with Crippen molar-refractivity contribution in [3.05, 3.63) is 32.9 Å². The fourth-order valence-electron chi connectivity index (χ4n) is 0.999. The number of primary amides is 1. The molecule has 0 fully saturated rings. The molecule has 12 heavy (non-hydrogen) atoms. The number of hydrogen-bond donors (Lipinski definition) is 1. The summed E-state index contributed by atoms with van der Waals surface area (Å²) in [6, 6.07) is 5.52. The average Bonchev–Trinajstić information content (AvgIpc) is 2.05. The van der Waals surface area contributed by atoms with Crippen LogP contribution in [0.2, 0.25) is 0 Å². The number of rotatable bonds is 2. The molecule has 0 spiro atoms. The molecular weight excluding hydrogens is 265 g/mol. The van der Waals surface area contributed by atoms with E-state index in [1.807, 2.05) is 12.1 Å². The number of carbonyl (C=O) groups is 1. The van der Waals surface area contributed by atoms with Gasteiger partial charge < -0.3 is 5.73 Å². The van der Waals surface area contributed by atoms with Crippen LogP contribution in [0.15, 0.2) is 18.2 Å². The van der Waals surface area contributed by atoms with Gasteiger partial charge in [0.1, 0.15) is 0 Å². The van der Waals surface area contributed by atoms with Crippen molar-refractivity contribution in [2.75, 3.05) is 0 Å². The zero-order chi connectivity index (χ0) is 9.14. The molecule has 0 saturated heterocycles. The van der Waals surface area contributed by atoms with Crippen LogP contribution < -0.4 is 5.73 Å². The molecule has 2 nitrogen and oxygen atoms in total. The van der Waals surface area contributed by atoms with Gasteiger partial charge in [-0.1, -0.05) is 6.92 Å². The zero-order valence-corrected chi connectivity index (χ0v) is 8.96. The molecule has 1 amide bonds. The van der Waals surface area contributed by atoms with E-state index in [4.69, 9.17) is 5.73 Å². The highest BCUT2D eigenvalue weighted by molar-refractivity contribution is 14.1. The van der Waals surface area contributed by atoms with Crippen molar-refractivity contribution < 1.29 is 4.79 Å². The van der Waals surface area contributed by atoms with E-state index >= 15 is 0 Å². The number of hydrogen-bond acceptors (Lipinski definition) is 1. The molecule has 3 heteroatoms. The first-order valence-electron chi connectivity index (χ1n) is 3.73. The Morgan fingerprint density at radius 3 is 2.75 bits per heavy atom. The van der Waals surface area contributed by atoms with Crippen LogP contribution in [0.4, 0.5) is 0 Å². The van der Waals surface area contributed by atoms with E-state index in [1.54, 1.807) is 6.07 Å². The number of aryl methyl sites for hydroxylation is 1. The van der Waals surface area contributed by atoms with Crippen LogP contribution in [0, 0.1) is 3.57 Å². The SMILES string of the molecule is CCc1cc(C(N)=O)ccc1I. The summed E-state index contributed by atoms with van der Waals surface area (Å²) in [6.45, 7) is 2.06.